The van der Waals surface area contributed by atoms with Crippen LogP contribution >= 0.6 is 11.6 Å². The number of carbonyl (C=O) groups is 2. The molecule has 3 aromatic carbocycles. The van der Waals surface area contributed by atoms with Gasteiger partial charge < -0.3 is 20.1 Å². The van der Waals surface area contributed by atoms with Crippen LogP contribution in [0.3, 0.4) is 0 Å². The van der Waals surface area contributed by atoms with Gasteiger partial charge in [0.2, 0.25) is 0 Å². The normalized spacial score (nSPS) is 10.7. The first-order chi connectivity index (χ1) is 16.4. The highest BCUT2D eigenvalue weighted by molar-refractivity contribution is 6.31. The summed E-state index contributed by atoms with van der Waals surface area (Å²) in [6.45, 7) is 1.72. The topological polar surface area (TPSA) is 100 Å². The standard InChI is InChI=1S/C26H22ClN3O4/c1-17-5-3-7-21(11-17)29-25(31)16-34-23-10-9-18(13-24(23)33-2)12-19(15-28)26(32)30-22-8-4-6-20(27)14-22/h3-14H,16H2,1-2H3,(H,29,31)(H,30,32)/b19-12-. The second kappa shape index (κ2) is 11.5. The highest BCUT2D eigenvalue weighted by atomic mass is 35.5. The molecule has 0 unspecified atom stereocenters. The molecule has 0 aromatic heterocycles. The van der Waals surface area contributed by atoms with Crippen LogP contribution in [0.5, 0.6) is 11.5 Å². The van der Waals surface area contributed by atoms with Crippen molar-refractivity contribution in [2.24, 2.45) is 0 Å². The van der Waals surface area contributed by atoms with Crippen LogP contribution in [0.4, 0.5) is 11.4 Å². The van der Waals surface area contributed by atoms with Gasteiger partial charge in [-0.2, -0.15) is 5.26 Å². The molecule has 2 amide bonds. The molecular formula is C26H22ClN3O4. The number of ether oxygens (including phenoxy) is 2. The number of carbonyl (C=O) groups excluding carboxylic acids is 2. The third kappa shape index (κ3) is 6.86. The quantitative estimate of drug-likeness (QED) is 0.343. The molecule has 172 valence electrons. The predicted octanol–water partition coefficient (Wildman–Crippen LogP) is 5.22. The third-order valence-corrected chi connectivity index (χ3v) is 4.84. The lowest BCUT2D eigenvalue weighted by Gasteiger charge is -2.12. The molecule has 0 fully saturated rings. The van der Waals surface area contributed by atoms with Gasteiger partial charge in [0.1, 0.15) is 11.6 Å². The number of nitrogens with one attached hydrogen (secondary N) is 2. The Morgan fingerprint density at radius 2 is 1.74 bits per heavy atom. The van der Waals surface area contributed by atoms with Crippen molar-refractivity contribution in [3.63, 3.8) is 0 Å². The number of rotatable bonds is 8. The summed E-state index contributed by atoms with van der Waals surface area (Å²) in [5.74, 6) is -0.191. The van der Waals surface area contributed by atoms with Gasteiger partial charge in [0.15, 0.2) is 18.1 Å². The molecule has 3 aromatic rings. The lowest BCUT2D eigenvalue weighted by Crippen LogP contribution is -2.20. The maximum atomic E-state index is 12.5. The van der Waals surface area contributed by atoms with E-state index in [4.69, 9.17) is 21.1 Å². The summed E-state index contributed by atoms with van der Waals surface area (Å²) in [5, 5.41) is 15.3. The van der Waals surface area contributed by atoms with Crippen LogP contribution in [-0.4, -0.2) is 25.5 Å². The molecule has 2 N–H and O–H groups in total. The summed E-state index contributed by atoms with van der Waals surface area (Å²) < 4.78 is 11.0. The fourth-order valence-electron chi connectivity index (χ4n) is 3.04. The Labute approximate surface area is 202 Å². The molecule has 0 saturated carbocycles. The Bertz CT molecular complexity index is 1280. The monoisotopic (exact) mass is 475 g/mol. The minimum absolute atomic E-state index is 0.103. The number of hydrogen-bond donors (Lipinski definition) is 2. The van der Waals surface area contributed by atoms with E-state index >= 15 is 0 Å². The third-order valence-electron chi connectivity index (χ3n) is 4.61. The van der Waals surface area contributed by atoms with Crippen LogP contribution in [0.1, 0.15) is 11.1 Å². The lowest BCUT2D eigenvalue weighted by atomic mass is 10.1. The van der Waals surface area contributed by atoms with E-state index in [0.717, 1.165) is 5.56 Å². The number of amides is 2. The van der Waals surface area contributed by atoms with Gasteiger partial charge in [0, 0.05) is 16.4 Å². The van der Waals surface area contributed by atoms with Crippen molar-refractivity contribution in [1.82, 2.24) is 0 Å². The summed E-state index contributed by atoms with van der Waals surface area (Å²) in [5.41, 5.74) is 2.63. The molecule has 0 aliphatic heterocycles. The van der Waals surface area contributed by atoms with Crippen molar-refractivity contribution >= 4 is 40.9 Å². The van der Waals surface area contributed by atoms with Crippen molar-refractivity contribution in [1.29, 1.82) is 5.26 Å². The zero-order valence-electron chi connectivity index (χ0n) is 18.6. The Hall–Kier alpha value is -4.28. The van der Waals surface area contributed by atoms with Crippen LogP contribution in [0, 0.1) is 18.3 Å². The first-order valence-corrected chi connectivity index (χ1v) is 10.6. The van der Waals surface area contributed by atoms with Crippen molar-refractivity contribution in [2.45, 2.75) is 6.92 Å². The second-order valence-electron chi connectivity index (χ2n) is 7.25. The van der Waals surface area contributed by atoms with Crippen molar-refractivity contribution in [3.05, 3.63) is 88.5 Å². The van der Waals surface area contributed by atoms with Crippen LogP contribution in [0.25, 0.3) is 6.08 Å². The zero-order chi connectivity index (χ0) is 24.5. The Kier molecular flexibility index (Phi) is 8.27. The van der Waals surface area contributed by atoms with Gasteiger partial charge in [-0.05, 0) is 66.6 Å². The Morgan fingerprint density at radius 1 is 1.00 bits per heavy atom. The maximum absolute atomic E-state index is 12.5. The summed E-state index contributed by atoms with van der Waals surface area (Å²) in [4.78, 5) is 24.7. The second-order valence-corrected chi connectivity index (χ2v) is 7.69. The van der Waals surface area contributed by atoms with E-state index in [2.05, 4.69) is 10.6 Å². The van der Waals surface area contributed by atoms with E-state index in [0.29, 0.717) is 33.5 Å². The van der Waals surface area contributed by atoms with Gasteiger partial charge >= 0.3 is 0 Å². The molecule has 7 nitrogen and oxygen atoms in total. The van der Waals surface area contributed by atoms with Crippen molar-refractivity contribution in [2.75, 3.05) is 24.4 Å². The summed E-state index contributed by atoms with van der Waals surface area (Å²) in [7, 11) is 1.46. The van der Waals surface area contributed by atoms with E-state index in [1.807, 2.05) is 31.2 Å². The van der Waals surface area contributed by atoms with Crippen molar-refractivity contribution in [3.8, 4) is 17.6 Å². The predicted molar refractivity (Wildman–Crippen MR) is 132 cm³/mol. The van der Waals surface area contributed by atoms with Gasteiger partial charge in [-0.15, -0.1) is 0 Å². The smallest absolute Gasteiger partial charge is 0.266 e. The fourth-order valence-corrected chi connectivity index (χ4v) is 3.23. The molecule has 34 heavy (non-hydrogen) atoms. The highest BCUT2D eigenvalue weighted by Crippen LogP contribution is 2.29. The van der Waals surface area contributed by atoms with Gasteiger partial charge in [0.05, 0.1) is 7.11 Å². The first-order valence-electron chi connectivity index (χ1n) is 10.2. The number of anilines is 2. The number of hydrogen-bond acceptors (Lipinski definition) is 5. The van der Waals surface area contributed by atoms with Gasteiger partial charge in [-0.1, -0.05) is 35.9 Å². The molecule has 0 atom stereocenters. The lowest BCUT2D eigenvalue weighted by molar-refractivity contribution is -0.118. The van der Waals surface area contributed by atoms with Crippen LogP contribution in [-0.2, 0) is 9.59 Å². The molecule has 0 aliphatic rings. The largest absolute Gasteiger partial charge is 0.493 e. The SMILES string of the molecule is COc1cc(/C=C(/C#N)C(=O)Nc2cccc(Cl)c2)ccc1OCC(=O)Nc1cccc(C)c1. The van der Waals surface area contributed by atoms with Gasteiger partial charge in [-0.3, -0.25) is 9.59 Å². The van der Waals surface area contributed by atoms with E-state index in [-0.39, 0.29) is 18.1 Å². The fraction of sp³-hybridized carbons (Fsp3) is 0.115. The molecule has 0 heterocycles. The Balaban J connectivity index is 1.68. The Morgan fingerprint density at radius 3 is 2.41 bits per heavy atom. The van der Waals surface area contributed by atoms with E-state index in [9.17, 15) is 14.9 Å². The average molecular weight is 476 g/mol. The number of nitriles is 1. The molecule has 0 saturated heterocycles. The average Bonchev–Trinajstić information content (AvgIpc) is 2.81. The molecule has 0 aliphatic carbocycles. The van der Waals surface area contributed by atoms with E-state index in [1.54, 1.807) is 48.5 Å². The van der Waals surface area contributed by atoms with Crippen molar-refractivity contribution < 1.29 is 19.1 Å². The van der Waals surface area contributed by atoms with E-state index in [1.165, 1.54) is 13.2 Å². The number of benzene rings is 3. The molecule has 0 spiro atoms. The minimum atomic E-state index is -0.572. The minimum Gasteiger partial charge on any atom is -0.493 e. The summed E-state index contributed by atoms with van der Waals surface area (Å²) in [6, 6.07) is 20.8. The molecule has 8 heteroatoms. The van der Waals surface area contributed by atoms with Crippen LogP contribution < -0.4 is 20.1 Å². The van der Waals surface area contributed by atoms with Crippen LogP contribution in [0.2, 0.25) is 5.02 Å². The molecular weight excluding hydrogens is 454 g/mol. The van der Waals surface area contributed by atoms with Crippen LogP contribution in [0.15, 0.2) is 72.3 Å². The molecule has 0 bridgehead atoms. The zero-order valence-corrected chi connectivity index (χ0v) is 19.3. The number of aryl methyl sites for hydroxylation is 1. The van der Waals surface area contributed by atoms with Gasteiger partial charge in [0.25, 0.3) is 11.8 Å². The van der Waals surface area contributed by atoms with Gasteiger partial charge in [-0.25, -0.2) is 0 Å². The first kappa shape index (κ1) is 24.4. The number of nitrogens with zero attached hydrogens (tertiary/aromatic N) is 1. The molecule has 0 radical (unpaired) electrons. The summed E-state index contributed by atoms with van der Waals surface area (Å²) >= 11 is 5.93. The van der Waals surface area contributed by atoms with E-state index < -0.39 is 5.91 Å². The summed E-state index contributed by atoms with van der Waals surface area (Å²) in [6.07, 6.45) is 1.43. The number of halogens is 1. The maximum Gasteiger partial charge on any atom is 0.266 e. The number of methoxy groups -OCH3 is 1. The molecule has 3 rings (SSSR count). The highest BCUT2D eigenvalue weighted by Gasteiger charge is 2.12.